The van der Waals surface area contributed by atoms with Crippen molar-refractivity contribution in [3.8, 4) is 6.07 Å². The molecule has 1 aliphatic rings. The lowest BCUT2D eigenvalue weighted by Crippen LogP contribution is -2.12. The van der Waals surface area contributed by atoms with Gasteiger partial charge in [0.05, 0.1) is 12.2 Å². The van der Waals surface area contributed by atoms with Crippen molar-refractivity contribution in [3.63, 3.8) is 0 Å². The normalized spacial score (nSPS) is 33.4. The van der Waals surface area contributed by atoms with Crippen molar-refractivity contribution in [2.24, 2.45) is 17.3 Å². The minimum atomic E-state index is -3.98. The number of nitrogens with zero attached hydrogens (tertiary/aromatic N) is 1. The molecule has 0 aliphatic heterocycles. The van der Waals surface area contributed by atoms with Crippen LogP contribution in [-0.2, 0) is 4.57 Å². The molecule has 1 aliphatic carbocycles. The van der Waals surface area contributed by atoms with Crippen molar-refractivity contribution in [2.45, 2.75) is 39.5 Å². The molecule has 1 fully saturated rings. The molecule has 16 heavy (non-hydrogen) atoms. The van der Waals surface area contributed by atoms with Crippen molar-refractivity contribution in [1.82, 2.24) is 0 Å². The van der Waals surface area contributed by atoms with E-state index in [0.29, 0.717) is 24.7 Å². The van der Waals surface area contributed by atoms with Crippen molar-refractivity contribution >= 4 is 7.60 Å². The highest BCUT2D eigenvalue weighted by Gasteiger charge is 2.63. The van der Waals surface area contributed by atoms with Crippen LogP contribution in [-0.4, -0.2) is 15.9 Å². The van der Waals surface area contributed by atoms with Gasteiger partial charge in [-0.25, -0.2) is 0 Å². The fourth-order valence-electron chi connectivity index (χ4n) is 3.41. The summed E-state index contributed by atoms with van der Waals surface area (Å²) in [7, 11) is -3.98. The van der Waals surface area contributed by atoms with Gasteiger partial charge in [-0.3, -0.25) is 4.57 Å². The fraction of sp³-hybridized carbons (Fsp3) is 0.909. The summed E-state index contributed by atoms with van der Waals surface area (Å²) in [5.74, 6) is 0.775. The first-order chi connectivity index (χ1) is 7.41. The van der Waals surface area contributed by atoms with Gasteiger partial charge in [-0.2, -0.15) is 5.26 Å². The Bertz CT molecular complexity index is 321. The van der Waals surface area contributed by atoms with E-state index in [-0.39, 0.29) is 11.6 Å². The highest BCUT2D eigenvalue weighted by molar-refractivity contribution is 7.51. The Kier molecular flexibility index (Phi) is 4.17. The van der Waals surface area contributed by atoms with Crippen LogP contribution in [0.5, 0.6) is 0 Å². The Morgan fingerprint density at radius 2 is 1.81 bits per heavy atom. The van der Waals surface area contributed by atoms with Gasteiger partial charge in [0.15, 0.2) is 0 Å². The lowest BCUT2D eigenvalue weighted by atomic mass is 9.96. The summed E-state index contributed by atoms with van der Waals surface area (Å²) < 4.78 is 11.2. The Hall–Kier alpha value is -0.360. The Balaban J connectivity index is 2.80. The topological polar surface area (TPSA) is 81.3 Å². The van der Waals surface area contributed by atoms with Gasteiger partial charge in [0.1, 0.15) is 0 Å². The first-order valence-electron chi connectivity index (χ1n) is 5.82. The maximum atomic E-state index is 11.2. The van der Waals surface area contributed by atoms with E-state index in [4.69, 9.17) is 15.0 Å². The van der Waals surface area contributed by atoms with E-state index >= 15 is 0 Å². The van der Waals surface area contributed by atoms with Gasteiger partial charge in [0, 0.05) is 6.42 Å². The zero-order valence-corrected chi connectivity index (χ0v) is 10.8. The molecule has 0 radical (unpaired) electrons. The SMILES string of the molecule is CCC1C(CC)C1(CCC#N)CP(=O)(O)O. The number of rotatable bonds is 6. The lowest BCUT2D eigenvalue weighted by molar-refractivity contribution is 0.339. The summed E-state index contributed by atoms with van der Waals surface area (Å²) >= 11 is 0. The molecule has 4 nitrogen and oxygen atoms in total. The maximum absolute atomic E-state index is 11.2. The van der Waals surface area contributed by atoms with Gasteiger partial charge in [0.25, 0.3) is 0 Å². The molecule has 1 saturated carbocycles. The first-order valence-corrected chi connectivity index (χ1v) is 7.62. The molecule has 5 heteroatoms. The largest absolute Gasteiger partial charge is 0.326 e. The van der Waals surface area contributed by atoms with Crippen molar-refractivity contribution in [2.75, 3.05) is 6.16 Å². The minimum Gasteiger partial charge on any atom is -0.324 e. The smallest absolute Gasteiger partial charge is 0.324 e. The second-order valence-electron chi connectivity index (χ2n) is 4.74. The van der Waals surface area contributed by atoms with Crippen LogP contribution < -0.4 is 0 Å². The molecule has 0 spiro atoms. The van der Waals surface area contributed by atoms with Crippen LogP contribution in [0.3, 0.4) is 0 Å². The molecule has 0 amide bonds. The van der Waals surface area contributed by atoms with Gasteiger partial charge >= 0.3 is 7.60 Å². The Labute approximate surface area is 96.8 Å². The van der Waals surface area contributed by atoms with E-state index < -0.39 is 7.60 Å². The van der Waals surface area contributed by atoms with Crippen LogP contribution in [0.15, 0.2) is 0 Å². The van der Waals surface area contributed by atoms with Crippen LogP contribution >= 0.6 is 7.60 Å². The third-order valence-electron chi connectivity index (χ3n) is 3.94. The molecule has 0 aromatic carbocycles. The van der Waals surface area contributed by atoms with E-state index in [1.54, 1.807) is 0 Å². The molecular weight excluding hydrogens is 225 g/mol. The number of hydrogen-bond acceptors (Lipinski definition) is 2. The van der Waals surface area contributed by atoms with Crippen LogP contribution in [0.2, 0.25) is 0 Å². The summed E-state index contributed by atoms with van der Waals surface area (Å²) in [5.41, 5.74) is -0.266. The third-order valence-corrected chi connectivity index (χ3v) is 4.94. The molecule has 2 atom stereocenters. The zero-order valence-electron chi connectivity index (χ0n) is 9.89. The van der Waals surface area contributed by atoms with Gasteiger partial charge in [-0.15, -0.1) is 0 Å². The fourth-order valence-corrected chi connectivity index (χ4v) is 4.80. The molecular formula is C11H20NO3P. The molecule has 92 valence electrons. The van der Waals surface area contributed by atoms with Gasteiger partial charge in [-0.1, -0.05) is 26.7 Å². The Morgan fingerprint density at radius 1 is 1.31 bits per heavy atom. The van der Waals surface area contributed by atoms with Crippen LogP contribution in [0.1, 0.15) is 39.5 Å². The average molecular weight is 245 g/mol. The summed E-state index contributed by atoms with van der Waals surface area (Å²) in [6.07, 6.45) is 2.88. The summed E-state index contributed by atoms with van der Waals surface area (Å²) in [6, 6.07) is 2.09. The minimum absolute atomic E-state index is 0.0430. The standard InChI is InChI=1S/C11H20NO3P/c1-3-9-10(4-2)11(9,6-5-7-12)8-16(13,14)15/h9-10H,3-6,8H2,1-2H3,(H2,13,14,15). The van der Waals surface area contributed by atoms with E-state index in [1.165, 1.54) is 0 Å². The van der Waals surface area contributed by atoms with Crippen LogP contribution in [0.4, 0.5) is 0 Å². The van der Waals surface area contributed by atoms with Crippen LogP contribution in [0.25, 0.3) is 0 Å². The van der Waals surface area contributed by atoms with Crippen molar-refractivity contribution in [3.05, 3.63) is 0 Å². The highest BCUT2D eigenvalue weighted by atomic mass is 31.2. The highest BCUT2D eigenvalue weighted by Crippen LogP contribution is 2.68. The third kappa shape index (κ3) is 2.66. The zero-order chi connectivity index (χ0) is 12.4. The van der Waals surface area contributed by atoms with Gasteiger partial charge in [0.2, 0.25) is 0 Å². The second-order valence-corrected chi connectivity index (χ2v) is 6.39. The van der Waals surface area contributed by atoms with Gasteiger partial charge < -0.3 is 9.79 Å². The van der Waals surface area contributed by atoms with E-state index in [0.717, 1.165) is 12.8 Å². The maximum Gasteiger partial charge on any atom is 0.326 e. The van der Waals surface area contributed by atoms with Crippen molar-refractivity contribution < 1.29 is 14.4 Å². The molecule has 2 unspecified atom stereocenters. The monoisotopic (exact) mass is 245 g/mol. The molecule has 2 N–H and O–H groups in total. The molecule has 0 bridgehead atoms. The second kappa shape index (κ2) is 4.87. The summed E-state index contributed by atoms with van der Waals surface area (Å²) in [6.45, 7) is 4.11. The average Bonchev–Trinajstić information content (AvgIpc) is 2.79. The number of hydrogen-bond donors (Lipinski definition) is 2. The predicted octanol–water partition coefficient (Wildman–Crippen LogP) is 2.52. The molecule has 0 saturated heterocycles. The lowest BCUT2D eigenvalue weighted by Gasteiger charge is -2.17. The molecule has 0 heterocycles. The quantitative estimate of drug-likeness (QED) is 0.704. The summed E-state index contributed by atoms with van der Waals surface area (Å²) in [4.78, 5) is 18.3. The number of nitriles is 1. The molecule has 0 aromatic heterocycles. The van der Waals surface area contributed by atoms with E-state index in [9.17, 15) is 4.57 Å². The molecule has 1 rings (SSSR count). The Morgan fingerprint density at radius 3 is 2.12 bits per heavy atom. The van der Waals surface area contributed by atoms with Crippen LogP contribution in [0, 0.1) is 28.6 Å². The van der Waals surface area contributed by atoms with Gasteiger partial charge in [-0.05, 0) is 23.7 Å². The van der Waals surface area contributed by atoms with E-state index in [2.05, 4.69) is 19.9 Å². The molecule has 0 aromatic rings. The van der Waals surface area contributed by atoms with E-state index in [1.807, 2.05) is 0 Å². The first kappa shape index (κ1) is 13.7. The predicted molar refractivity (Wildman–Crippen MR) is 61.8 cm³/mol. The van der Waals surface area contributed by atoms with Crippen molar-refractivity contribution in [1.29, 1.82) is 5.26 Å². The summed E-state index contributed by atoms with van der Waals surface area (Å²) in [5, 5.41) is 8.63.